The van der Waals surface area contributed by atoms with Gasteiger partial charge in [-0.1, -0.05) is 0 Å². The monoisotopic (exact) mass is 496 g/mol. The molecule has 0 N–H and O–H groups in total. The molecule has 2 saturated heterocycles. The van der Waals surface area contributed by atoms with Crippen LogP contribution in [0.5, 0.6) is 0 Å². The molecule has 3 heterocycles. The van der Waals surface area contributed by atoms with Crippen LogP contribution in [0.3, 0.4) is 0 Å². The van der Waals surface area contributed by atoms with Gasteiger partial charge in [0.2, 0.25) is 5.82 Å². The van der Waals surface area contributed by atoms with Crippen LogP contribution in [0.1, 0.15) is 47.1 Å². The van der Waals surface area contributed by atoms with Crippen molar-refractivity contribution in [3.63, 3.8) is 0 Å². The normalized spacial score (nSPS) is 27.2. The van der Waals surface area contributed by atoms with Crippen molar-refractivity contribution < 1.29 is 37.8 Å². The average molecular weight is 497 g/mol. The Bertz CT molecular complexity index is 1010. The minimum atomic E-state index is -1.03. The van der Waals surface area contributed by atoms with Gasteiger partial charge >= 0.3 is 11.7 Å². The molecule has 3 aliphatic heterocycles. The molecule has 0 spiro atoms. The number of nitro groups is 1. The Morgan fingerprint density at radius 1 is 1.17 bits per heavy atom. The van der Waals surface area contributed by atoms with E-state index in [9.17, 15) is 19.3 Å². The first kappa shape index (κ1) is 25.7. The number of carbonyl (C=O) groups is 1. The molecule has 4 rings (SSSR count). The lowest BCUT2D eigenvalue weighted by Crippen LogP contribution is -2.51. The molecule has 0 amide bonds. The van der Waals surface area contributed by atoms with Crippen LogP contribution in [0.2, 0.25) is 0 Å². The fourth-order valence-electron chi connectivity index (χ4n) is 4.93. The van der Waals surface area contributed by atoms with Crippen LogP contribution in [-0.2, 0) is 34.9 Å². The number of halogens is 1. The maximum atomic E-state index is 14.6. The van der Waals surface area contributed by atoms with Crippen LogP contribution >= 0.6 is 0 Å². The highest BCUT2D eigenvalue weighted by Gasteiger charge is 2.48. The molecular weight excluding hydrogens is 463 g/mol. The molecule has 10 nitrogen and oxygen atoms in total. The fourth-order valence-corrected chi connectivity index (χ4v) is 4.93. The molecule has 1 aromatic carbocycles. The Kier molecular flexibility index (Phi) is 6.58. The summed E-state index contributed by atoms with van der Waals surface area (Å²) in [5.41, 5.74) is -0.529. The van der Waals surface area contributed by atoms with Gasteiger partial charge in [0.25, 0.3) is 0 Å². The number of carbonyl (C=O) groups excluding carboxylic acids is 1. The summed E-state index contributed by atoms with van der Waals surface area (Å²) in [6.07, 6.45) is -0.384. The predicted molar refractivity (Wildman–Crippen MR) is 122 cm³/mol. The zero-order valence-corrected chi connectivity index (χ0v) is 21.0. The van der Waals surface area contributed by atoms with Crippen LogP contribution in [0, 0.1) is 21.3 Å². The number of rotatable bonds is 7. The van der Waals surface area contributed by atoms with Crippen molar-refractivity contribution in [2.24, 2.45) is 5.41 Å². The van der Waals surface area contributed by atoms with E-state index in [1.807, 2.05) is 18.7 Å². The molecule has 0 bridgehead atoms. The molecule has 1 aromatic rings. The maximum absolute atomic E-state index is 14.6. The van der Waals surface area contributed by atoms with Crippen molar-refractivity contribution in [2.75, 3.05) is 31.3 Å². The molecule has 0 aromatic heterocycles. The first-order chi connectivity index (χ1) is 16.2. The summed E-state index contributed by atoms with van der Waals surface area (Å²) in [7, 11) is 0. The summed E-state index contributed by atoms with van der Waals surface area (Å²) in [4.78, 5) is 25.7. The van der Waals surface area contributed by atoms with Gasteiger partial charge in [0.1, 0.15) is 18.8 Å². The van der Waals surface area contributed by atoms with E-state index in [1.54, 1.807) is 27.7 Å². The van der Waals surface area contributed by atoms with Gasteiger partial charge in [-0.2, -0.15) is 4.39 Å². The van der Waals surface area contributed by atoms with Crippen molar-refractivity contribution in [3.05, 3.63) is 33.6 Å². The highest BCUT2D eigenvalue weighted by molar-refractivity contribution is 5.79. The molecule has 11 heteroatoms. The minimum Gasteiger partial charge on any atom is -0.462 e. The number of hydrogen-bond acceptors (Lipinski definition) is 9. The minimum absolute atomic E-state index is 0.0409. The zero-order valence-electron chi connectivity index (χ0n) is 21.0. The average Bonchev–Trinajstić information content (AvgIpc) is 3.40. The lowest BCUT2D eigenvalue weighted by Gasteiger charge is -2.38. The highest BCUT2D eigenvalue weighted by Crippen LogP contribution is 2.43. The summed E-state index contributed by atoms with van der Waals surface area (Å²) in [5.74, 6) is -2.86. The number of ether oxygens (including phenoxy) is 5. The van der Waals surface area contributed by atoms with Gasteiger partial charge in [-0.25, -0.2) is 0 Å². The van der Waals surface area contributed by atoms with E-state index in [0.29, 0.717) is 37.4 Å². The van der Waals surface area contributed by atoms with Gasteiger partial charge in [0.05, 0.1) is 23.6 Å². The standard InChI is InChI=1S/C24H33FN2O8/c1-22(2,21(28)31-11-16-13-33-24(5,6)35-16)20-8-14-7-19(27(29)30)17(25)9-18(14)26(20)10-15-12-32-23(3,4)34-15/h7,9,15-16,20H,8,10-13H2,1-6H3/t15-,16-,20-/m0/s1. The van der Waals surface area contributed by atoms with Crippen molar-refractivity contribution in [1.29, 1.82) is 0 Å². The third kappa shape index (κ3) is 5.28. The Morgan fingerprint density at radius 2 is 1.77 bits per heavy atom. The Hall–Kier alpha value is -2.34. The quantitative estimate of drug-likeness (QED) is 0.319. The molecular formula is C24H33FN2O8. The van der Waals surface area contributed by atoms with Gasteiger partial charge in [0.15, 0.2) is 11.6 Å². The molecule has 194 valence electrons. The van der Waals surface area contributed by atoms with Crippen molar-refractivity contribution in [2.45, 2.75) is 77.8 Å². The van der Waals surface area contributed by atoms with Crippen molar-refractivity contribution in [1.82, 2.24) is 0 Å². The van der Waals surface area contributed by atoms with Crippen LogP contribution in [0.25, 0.3) is 0 Å². The largest absolute Gasteiger partial charge is 0.462 e. The first-order valence-corrected chi connectivity index (χ1v) is 11.7. The lowest BCUT2D eigenvalue weighted by atomic mass is 9.82. The number of hydrogen-bond donors (Lipinski definition) is 0. The molecule has 0 unspecified atom stereocenters. The van der Waals surface area contributed by atoms with Crippen LogP contribution in [0.4, 0.5) is 15.8 Å². The third-order valence-corrected chi connectivity index (χ3v) is 6.74. The molecule has 3 atom stereocenters. The Morgan fingerprint density at radius 3 is 2.31 bits per heavy atom. The second-order valence-electron chi connectivity index (χ2n) is 10.8. The first-order valence-electron chi connectivity index (χ1n) is 11.7. The van der Waals surface area contributed by atoms with Crippen molar-refractivity contribution in [3.8, 4) is 0 Å². The second-order valence-corrected chi connectivity index (χ2v) is 10.8. The van der Waals surface area contributed by atoms with E-state index in [2.05, 4.69) is 0 Å². The van der Waals surface area contributed by atoms with E-state index in [0.717, 1.165) is 0 Å². The SMILES string of the molecule is CC1(C)OC[C@H](CN2c3cc(F)c([N+](=O)[O-])cc3C[C@H]2C(C)(C)C(=O)OC[C@H]2COC(C)(C)O2)O1. The summed E-state index contributed by atoms with van der Waals surface area (Å²) in [6.45, 7) is 11.7. The number of benzene rings is 1. The van der Waals surface area contributed by atoms with Crippen LogP contribution < -0.4 is 4.90 Å². The van der Waals surface area contributed by atoms with Crippen LogP contribution in [0.15, 0.2) is 12.1 Å². The van der Waals surface area contributed by atoms with Crippen LogP contribution in [-0.4, -0.2) is 67.1 Å². The van der Waals surface area contributed by atoms with Gasteiger partial charge in [0, 0.05) is 30.4 Å². The summed E-state index contributed by atoms with van der Waals surface area (Å²) >= 11 is 0. The highest BCUT2D eigenvalue weighted by atomic mass is 19.1. The topological polar surface area (TPSA) is 110 Å². The molecule has 0 radical (unpaired) electrons. The second kappa shape index (κ2) is 8.95. The molecule has 0 saturated carbocycles. The molecule has 2 fully saturated rings. The van der Waals surface area contributed by atoms with E-state index < -0.39 is 45.4 Å². The molecule has 3 aliphatic rings. The number of fused-ring (bicyclic) bond motifs is 1. The number of nitro benzene ring substituents is 1. The van der Waals surface area contributed by atoms with Gasteiger partial charge in [-0.15, -0.1) is 0 Å². The third-order valence-electron chi connectivity index (χ3n) is 6.74. The molecule has 0 aliphatic carbocycles. The smallest absolute Gasteiger partial charge is 0.313 e. The van der Waals surface area contributed by atoms with E-state index in [-0.39, 0.29) is 18.8 Å². The Labute approximate surface area is 203 Å². The Balaban J connectivity index is 1.56. The fraction of sp³-hybridized carbons (Fsp3) is 0.708. The number of nitrogens with zero attached hydrogens (tertiary/aromatic N) is 2. The van der Waals surface area contributed by atoms with E-state index in [1.165, 1.54) is 12.1 Å². The predicted octanol–water partition coefficient (Wildman–Crippen LogP) is 3.34. The number of esters is 1. The van der Waals surface area contributed by atoms with Crippen molar-refractivity contribution >= 4 is 17.3 Å². The summed E-state index contributed by atoms with van der Waals surface area (Å²) < 4.78 is 43.1. The lowest BCUT2D eigenvalue weighted by molar-refractivity contribution is -0.387. The summed E-state index contributed by atoms with van der Waals surface area (Å²) in [6, 6.07) is 1.97. The molecule has 35 heavy (non-hydrogen) atoms. The zero-order chi connectivity index (χ0) is 25.8. The van der Waals surface area contributed by atoms with E-state index in [4.69, 9.17) is 23.7 Å². The summed E-state index contributed by atoms with van der Waals surface area (Å²) in [5, 5.41) is 11.3. The van der Waals surface area contributed by atoms with Gasteiger partial charge in [-0.3, -0.25) is 14.9 Å². The van der Waals surface area contributed by atoms with Gasteiger partial charge in [-0.05, 0) is 53.5 Å². The maximum Gasteiger partial charge on any atom is 0.313 e. The van der Waals surface area contributed by atoms with E-state index >= 15 is 0 Å². The number of anilines is 1. The van der Waals surface area contributed by atoms with Gasteiger partial charge < -0.3 is 28.6 Å².